The molecule has 0 aromatic heterocycles. The topological polar surface area (TPSA) is 138 Å². The summed E-state index contributed by atoms with van der Waals surface area (Å²) in [5.74, 6) is 8.12. The summed E-state index contributed by atoms with van der Waals surface area (Å²) in [6.07, 6.45) is 9.91. The SMILES string of the molecule is CN=C(N)N[C@H]1CCCC[C@@]12C#C[C@@H]1CCC[C@@H]3C[C@H](CCN3)Oc3cc(ccc3O)C[C@@H]1[C@H](OC(C)=O)C[C@@H](O)CC2. The third-order valence-electron chi connectivity index (χ3n) is 10.1. The van der Waals surface area contributed by atoms with Crippen molar-refractivity contribution in [2.45, 2.75) is 121 Å². The van der Waals surface area contributed by atoms with Crippen molar-refractivity contribution < 1.29 is 24.5 Å². The van der Waals surface area contributed by atoms with Crippen molar-refractivity contribution in [3.05, 3.63) is 23.8 Å². The van der Waals surface area contributed by atoms with E-state index in [0.717, 1.165) is 76.3 Å². The fourth-order valence-electron chi connectivity index (χ4n) is 7.81. The maximum absolute atomic E-state index is 12.4. The van der Waals surface area contributed by atoms with E-state index in [1.807, 2.05) is 12.1 Å². The Labute approximate surface area is 256 Å². The number of piperidine rings is 1. The Balaban J connectivity index is 1.58. The second-order valence-electron chi connectivity index (χ2n) is 13.2. The molecule has 1 aromatic carbocycles. The summed E-state index contributed by atoms with van der Waals surface area (Å²) >= 11 is 0. The molecule has 9 nitrogen and oxygen atoms in total. The van der Waals surface area contributed by atoms with Gasteiger partial charge in [-0.2, -0.15) is 0 Å². The molecule has 2 aliphatic heterocycles. The van der Waals surface area contributed by atoms with Crippen molar-refractivity contribution in [3.8, 4) is 23.3 Å². The van der Waals surface area contributed by atoms with Crippen LogP contribution < -0.4 is 21.1 Å². The molecular weight excluding hydrogens is 544 g/mol. The molecule has 6 N–H and O–H groups in total. The van der Waals surface area contributed by atoms with Gasteiger partial charge < -0.3 is 36.1 Å². The molecule has 4 aliphatic rings. The number of nitrogens with one attached hydrogen (secondary N) is 2. The van der Waals surface area contributed by atoms with Crippen molar-refractivity contribution in [3.63, 3.8) is 0 Å². The normalized spacial score (nSPS) is 35.3. The van der Waals surface area contributed by atoms with E-state index in [9.17, 15) is 15.0 Å². The summed E-state index contributed by atoms with van der Waals surface area (Å²) in [6, 6.07) is 5.95. The minimum atomic E-state index is -0.631. The lowest BCUT2D eigenvalue weighted by atomic mass is 9.66. The monoisotopic (exact) mass is 594 g/mol. The van der Waals surface area contributed by atoms with Gasteiger partial charge in [-0.05, 0) is 82.0 Å². The number of aliphatic imine (C=N–C) groups is 1. The van der Waals surface area contributed by atoms with Crippen LogP contribution in [0.2, 0.25) is 0 Å². The van der Waals surface area contributed by atoms with Crippen LogP contribution in [0.1, 0.15) is 89.5 Å². The Hall–Kier alpha value is -2.96. The van der Waals surface area contributed by atoms with Gasteiger partial charge >= 0.3 is 5.97 Å². The van der Waals surface area contributed by atoms with Crippen LogP contribution in [-0.2, 0) is 16.0 Å². The number of rotatable bonds is 2. The van der Waals surface area contributed by atoms with Gasteiger partial charge in [0, 0.05) is 44.3 Å². The minimum absolute atomic E-state index is 0.0484. The van der Waals surface area contributed by atoms with Crippen molar-refractivity contribution in [2.75, 3.05) is 13.6 Å². The van der Waals surface area contributed by atoms with Gasteiger partial charge in [0.1, 0.15) is 12.2 Å². The first-order valence-electron chi connectivity index (χ1n) is 16.3. The third-order valence-corrected chi connectivity index (χ3v) is 10.1. The quantitative estimate of drug-likeness (QED) is 0.151. The highest BCUT2D eigenvalue weighted by Crippen LogP contribution is 2.43. The zero-order chi connectivity index (χ0) is 30.4. The molecule has 0 amide bonds. The van der Waals surface area contributed by atoms with E-state index < -0.39 is 12.2 Å². The van der Waals surface area contributed by atoms with E-state index in [4.69, 9.17) is 15.2 Å². The lowest BCUT2D eigenvalue weighted by Crippen LogP contribution is -2.52. The van der Waals surface area contributed by atoms with Gasteiger partial charge in [0.25, 0.3) is 0 Å². The average Bonchev–Trinajstić information content (AvgIpc) is 2.99. The minimum Gasteiger partial charge on any atom is -0.504 e. The van der Waals surface area contributed by atoms with Crippen LogP contribution in [0.5, 0.6) is 11.5 Å². The summed E-state index contributed by atoms with van der Waals surface area (Å²) in [6.45, 7) is 2.33. The molecule has 5 rings (SSSR count). The number of nitrogens with two attached hydrogens (primary N) is 1. The first-order valence-corrected chi connectivity index (χ1v) is 16.3. The number of guanidine groups is 1. The van der Waals surface area contributed by atoms with Crippen LogP contribution in [0.4, 0.5) is 0 Å². The number of aliphatic hydroxyl groups is 1. The predicted octanol–water partition coefficient (Wildman–Crippen LogP) is 3.79. The number of aliphatic hydroxyl groups excluding tert-OH is 1. The number of ether oxygens (including phenoxy) is 2. The molecule has 2 fully saturated rings. The highest BCUT2D eigenvalue weighted by atomic mass is 16.5. The van der Waals surface area contributed by atoms with Gasteiger partial charge in [0.15, 0.2) is 17.5 Å². The molecule has 1 saturated heterocycles. The van der Waals surface area contributed by atoms with E-state index in [1.54, 1.807) is 13.1 Å². The number of hydrogen-bond acceptors (Lipinski definition) is 7. The van der Waals surface area contributed by atoms with Gasteiger partial charge in [0.2, 0.25) is 0 Å². The van der Waals surface area contributed by atoms with Gasteiger partial charge in [-0.1, -0.05) is 37.2 Å². The van der Waals surface area contributed by atoms with Crippen LogP contribution in [-0.4, -0.2) is 66.1 Å². The van der Waals surface area contributed by atoms with E-state index in [0.29, 0.717) is 37.0 Å². The molecule has 8 atom stereocenters. The molecule has 2 aliphatic carbocycles. The summed E-state index contributed by atoms with van der Waals surface area (Å²) in [7, 11) is 1.69. The summed E-state index contributed by atoms with van der Waals surface area (Å²) < 4.78 is 12.4. The Morgan fingerprint density at radius 2 is 2.02 bits per heavy atom. The standard InChI is InChI=1S/C34H50N4O5/c1-22(39)42-30-21-26(40)12-16-34(14-4-3-8-32(34)38-33(35)36-2)15-11-24-6-5-7-25-20-27(13-17-37-25)43-31-19-23(18-28(24)30)9-10-29(31)41/h9-10,19,24-28,30,32,37,40-41H,3-8,12-14,16-18,20-21H2,1-2H3,(H3,35,36,38)/t24-,25+,26-,27-,28-,30+,32-,34-/m0/s1. The molecule has 1 aromatic rings. The van der Waals surface area contributed by atoms with Crippen LogP contribution in [0.15, 0.2) is 23.2 Å². The fourth-order valence-corrected chi connectivity index (χ4v) is 7.81. The van der Waals surface area contributed by atoms with E-state index in [1.165, 1.54) is 6.92 Å². The Morgan fingerprint density at radius 1 is 1.16 bits per heavy atom. The zero-order valence-corrected chi connectivity index (χ0v) is 25.8. The summed E-state index contributed by atoms with van der Waals surface area (Å²) in [5.41, 5.74) is 6.84. The first-order chi connectivity index (χ1) is 20.7. The first kappa shape index (κ1) is 31.5. The largest absolute Gasteiger partial charge is 0.504 e. The van der Waals surface area contributed by atoms with Crippen molar-refractivity contribution in [1.82, 2.24) is 10.6 Å². The third kappa shape index (κ3) is 7.96. The number of phenolic OH excluding ortho intramolecular Hbond substituents is 1. The summed E-state index contributed by atoms with van der Waals surface area (Å²) in [4.78, 5) is 16.6. The highest BCUT2D eigenvalue weighted by molar-refractivity contribution is 5.78. The van der Waals surface area contributed by atoms with Crippen LogP contribution >= 0.6 is 0 Å². The molecule has 43 heavy (non-hydrogen) atoms. The number of nitrogens with zero attached hydrogens (tertiary/aromatic N) is 1. The molecule has 236 valence electrons. The van der Waals surface area contributed by atoms with Crippen LogP contribution in [0, 0.1) is 29.1 Å². The maximum atomic E-state index is 12.4. The summed E-state index contributed by atoms with van der Waals surface area (Å²) in [5, 5.41) is 29.2. The number of fused-ring (bicyclic) bond motifs is 5. The molecular formula is C34H50N4O5. The number of phenols is 1. The number of benzene rings is 1. The Bertz CT molecular complexity index is 1210. The van der Waals surface area contributed by atoms with Crippen molar-refractivity contribution in [2.24, 2.45) is 28.0 Å². The number of aromatic hydroxyl groups is 1. The fraction of sp³-hybridized carbons (Fsp3) is 0.706. The lowest BCUT2D eigenvalue weighted by Gasteiger charge is -2.43. The predicted molar refractivity (Wildman–Crippen MR) is 167 cm³/mol. The maximum Gasteiger partial charge on any atom is 0.302 e. The number of carbonyl (C=O) groups is 1. The molecule has 4 bridgehead atoms. The average molecular weight is 595 g/mol. The van der Waals surface area contributed by atoms with Gasteiger partial charge in [-0.15, -0.1) is 0 Å². The van der Waals surface area contributed by atoms with Crippen molar-refractivity contribution in [1.29, 1.82) is 0 Å². The Kier molecular flexibility index (Phi) is 10.4. The van der Waals surface area contributed by atoms with Gasteiger partial charge in [0.05, 0.1) is 11.5 Å². The highest BCUT2D eigenvalue weighted by Gasteiger charge is 2.42. The van der Waals surface area contributed by atoms with Crippen molar-refractivity contribution >= 4 is 11.9 Å². The molecule has 1 spiro atoms. The number of esters is 1. The van der Waals surface area contributed by atoms with E-state index in [2.05, 4.69) is 27.5 Å². The second-order valence-corrected chi connectivity index (χ2v) is 13.2. The van der Waals surface area contributed by atoms with Crippen LogP contribution in [0.25, 0.3) is 0 Å². The number of hydrogen-bond donors (Lipinski definition) is 5. The van der Waals surface area contributed by atoms with Crippen LogP contribution in [0.3, 0.4) is 0 Å². The van der Waals surface area contributed by atoms with E-state index in [-0.39, 0.29) is 41.1 Å². The second kappa shape index (κ2) is 14.2. The lowest BCUT2D eigenvalue weighted by molar-refractivity contribution is -0.152. The molecule has 0 unspecified atom stereocenters. The smallest absolute Gasteiger partial charge is 0.302 e. The van der Waals surface area contributed by atoms with Gasteiger partial charge in [-0.3, -0.25) is 9.79 Å². The Morgan fingerprint density at radius 3 is 2.84 bits per heavy atom. The molecule has 2 heterocycles. The molecule has 0 radical (unpaired) electrons. The number of carbonyl (C=O) groups excluding carboxylic acids is 1. The molecule has 1 saturated carbocycles. The van der Waals surface area contributed by atoms with E-state index >= 15 is 0 Å². The zero-order valence-electron chi connectivity index (χ0n) is 25.8. The van der Waals surface area contributed by atoms with Gasteiger partial charge in [-0.25, -0.2) is 0 Å². The molecule has 9 heteroatoms.